The van der Waals surface area contributed by atoms with E-state index in [9.17, 15) is 4.79 Å². The summed E-state index contributed by atoms with van der Waals surface area (Å²) in [5.41, 5.74) is 1.67. The van der Waals surface area contributed by atoms with Crippen molar-refractivity contribution in [3.8, 4) is 0 Å². The molecular formula is C13H15N3O2S. The number of nitrogens with one attached hydrogen (secondary N) is 1. The summed E-state index contributed by atoms with van der Waals surface area (Å²) in [4.78, 5) is 16.2. The molecule has 1 N–H and O–H groups in total. The summed E-state index contributed by atoms with van der Waals surface area (Å²) in [6.45, 7) is 0.618. The van der Waals surface area contributed by atoms with Gasteiger partial charge in [0.05, 0.1) is 11.8 Å². The number of pyridine rings is 1. The molecule has 2 aromatic rings. The lowest BCUT2D eigenvalue weighted by Gasteiger charge is -2.07. The minimum atomic E-state index is -0.0808. The molecule has 19 heavy (non-hydrogen) atoms. The summed E-state index contributed by atoms with van der Waals surface area (Å²) in [6.07, 6.45) is 8.59. The Morgan fingerprint density at radius 1 is 1.53 bits per heavy atom. The highest BCUT2D eigenvalue weighted by atomic mass is 32.2. The van der Waals surface area contributed by atoms with E-state index in [1.54, 1.807) is 30.8 Å². The number of carbonyl (C=O) groups excluding carboxylic acids is 1. The number of hydrogen-bond acceptors (Lipinski definition) is 5. The van der Waals surface area contributed by atoms with Crippen LogP contribution in [0.2, 0.25) is 0 Å². The van der Waals surface area contributed by atoms with Gasteiger partial charge in [0, 0.05) is 18.3 Å². The molecule has 2 heterocycles. The number of thioether (sulfide) groups is 1. The lowest BCUT2D eigenvalue weighted by atomic mass is 10.2. The second-order valence-electron chi connectivity index (χ2n) is 3.95. The van der Waals surface area contributed by atoms with Crippen molar-refractivity contribution in [2.45, 2.75) is 17.9 Å². The van der Waals surface area contributed by atoms with E-state index in [2.05, 4.69) is 15.5 Å². The van der Waals surface area contributed by atoms with E-state index in [0.29, 0.717) is 12.1 Å². The molecule has 0 radical (unpaired) electrons. The Morgan fingerprint density at radius 2 is 2.42 bits per heavy atom. The largest absolute Gasteiger partial charge is 0.364 e. The van der Waals surface area contributed by atoms with Crippen LogP contribution >= 0.6 is 11.8 Å². The molecule has 2 aromatic heterocycles. The molecule has 0 aliphatic heterocycles. The first-order chi connectivity index (χ1) is 9.31. The summed E-state index contributed by atoms with van der Waals surface area (Å²) in [5.74, 6) is -0.0808. The van der Waals surface area contributed by atoms with Crippen LogP contribution in [0.3, 0.4) is 0 Å². The average Bonchev–Trinajstić information content (AvgIpc) is 2.96. The van der Waals surface area contributed by atoms with Crippen molar-refractivity contribution < 1.29 is 9.32 Å². The van der Waals surface area contributed by atoms with Crippen LogP contribution < -0.4 is 5.32 Å². The Kier molecular flexibility index (Phi) is 4.97. The van der Waals surface area contributed by atoms with Gasteiger partial charge >= 0.3 is 0 Å². The van der Waals surface area contributed by atoms with Crippen molar-refractivity contribution in [2.75, 3.05) is 12.8 Å². The standard InChI is InChI=1S/C13H15N3O2S/c1-19-13-11(5-3-7-15-13)12(17)14-6-2-4-10-8-16-18-9-10/h3,5,7-9H,2,4,6H2,1H3,(H,14,17). The van der Waals surface area contributed by atoms with E-state index in [0.717, 1.165) is 23.4 Å². The summed E-state index contributed by atoms with van der Waals surface area (Å²) in [5, 5.41) is 7.27. The lowest BCUT2D eigenvalue weighted by Crippen LogP contribution is -2.25. The Morgan fingerprint density at radius 3 is 3.16 bits per heavy atom. The molecule has 0 aliphatic rings. The third-order valence-corrected chi connectivity index (χ3v) is 3.33. The van der Waals surface area contributed by atoms with Gasteiger partial charge in [0.25, 0.3) is 5.91 Å². The zero-order chi connectivity index (χ0) is 13.5. The number of hydrogen-bond donors (Lipinski definition) is 1. The molecule has 5 nitrogen and oxygen atoms in total. The first kappa shape index (κ1) is 13.6. The average molecular weight is 277 g/mol. The lowest BCUT2D eigenvalue weighted by molar-refractivity contribution is 0.0949. The van der Waals surface area contributed by atoms with E-state index in [1.165, 1.54) is 11.8 Å². The van der Waals surface area contributed by atoms with Crippen LogP contribution in [-0.2, 0) is 6.42 Å². The van der Waals surface area contributed by atoms with Gasteiger partial charge in [-0.15, -0.1) is 11.8 Å². The predicted octanol–water partition coefficient (Wildman–Crippen LogP) is 2.15. The molecule has 100 valence electrons. The Balaban J connectivity index is 1.81. The number of carbonyl (C=O) groups is 1. The van der Waals surface area contributed by atoms with Crippen molar-refractivity contribution in [3.05, 3.63) is 41.9 Å². The zero-order valence-electron chi connectivity index (χ0n) is 10.6. The van der Waals surface area contributed by atoms with Crippen LogP contribution in [0.4, 0.5) is 0 Å². The van der Waals surface area contributed by atoms with Crippen molar-refractivity contribution >= 4 is 17.7 Å². The van der Waals surface area contributed by atoms with Gasteiger partial charge in [-0.1, -0.05) is 5.16 Å². The topological polar surface area (TPSA) is 68.0 Å². The number of aryl methyl sites for hydroxylation is 1. The van der Waals surface area contributed by atoms with Crippen molar-refractivity contribution in [1.82, 2.24) is 15.5 Å². The summed E-state index contributed by atoms with van der Waals surface area (Å²) in [7, 11) is 0. The molecule has 0 aromatic carbocycles. The van der Waals surface area contributed by atoms with Gasteiger partial charge < -0.3 is 9.84 Å². The minimum absolute atomic E-state index is 0.0808. The van der Waals surface area contributed by atoms with Crippen LogP contribution in [0.1, 0.15) is 22.3 Å². The Labute approximate surface area is 115 Å². The minimum Gasteiger partial charge on any atom is -0.364 e. The monoisotopic (exact) mass is 277 g/mol. The number of rotatable bonds is 6. The molecule has 0 unspecified atom stereocenters. The van der Waals surface area contributed by atoms with Gasteiger partial charge in [0.1, 0.15) is 11.3 Å². The zero-order valence-corrected chi connectivity index (χ0v) is 11.4. The van der Waals surface area contributed by atoms with E-state index in [-0.39, 0.29) is 5.91 Å². The molecule has 1 amide bonds. The fourth-order valence-electron chi connectivity index (χ4n) is 1.67. The maximum Gasteiger partial charge on any atom is 0.254 e. The SMILES string of the molecule is CSc1ncccc1C(=O)NCCCc1cnoc1. The third-order valence-electron chi connectivity index (χ3n) is 2.62. The second kappa shape index (κ2) is 6.94. The smallest absolute Gasteiger partial charge is 0.254 e. The molecule has 0 atom stereocenters. The summed E-state index contributed by atoms with van der Waals surface area (Å²) in [6, 6.07) is 3.56. The summed E-state index contributed by atoms with van der Waals surface area (Å²) < 4.78 is 4.74. The molecule has 6 heteroatoms. The highest BCUT2D eigenvalue weighted by Crippen LogP contribution is 2.16. The van der Waals surface area contributed by atoms with Crippen LogP contribution in [0, 0.1) is 0 Å². The Bertz CT molecular complexity index is 528. The van der Waals surface area contributed by atoms with Crippen LogP contribution in [0.25, 0.3) is 0 Å². The van der Waals surface area contributed by atoms with Crippen molar-refractivity contribution in [3.63, 3.8) is 0 Å². The van der Waals surface area contributed by atoms with Crippen LogP contribution in [0.5, 0.6) is 0 Å². The Hall–Kier alpha value is -1.82. The van der Waals surface area contributed by atoms with E-state index in [4.69, 9.17) is 4.52 Å². The van der Waals surface area contributed by atoms with Gasteiger partial charge in [0.15, 0.2) is 0 Å². The molecule has 0 spiro atoms. The second-order valence-corrected chi connectivity index (χ2v) is 4.75. The van der Waals surface area contributed by atoms with Crippen LogP contribution in [0.15, 0.2) is 40.3 Å². The van der Waals surface area contributed by atoms with Gasteiger partial charge in [0.2, 0.25) is 0 Å². The van der Waals surface area contributed by atoms with Crippen molar-refractivity contribution in [1.29, 1.82) is 0 Å². The van der Waals surface area contributed by atoms with Gasteiger partial charge in [-0.05, 0) is 31.2 Å². The first-order valence-corrected chi connectivity index (χ1v) is 7.19. The maximum atomic E-state index is 12.0. The molecule has 0 saturated carbocycles. The van der Waals surface area contributed by atoms with Crippen molar-refractivity contribution in [2.24, 2.45) is 0 Å². The number of aromatic nitrogens is 2. The first-order valence-electron chi connectivity index (χ1n) is 5.96. The highest BCUT2D eigenvalue weighted by Gasteiger charge is 2.10. The summed E-state index contributed by atoms with van der Waals surface area (Å²) >= 11 is 1.47. The predicted molar refractivity (Wildman–Crippen MR) is 73.2 cm³/mol. The third kappa shape index (κ3) is 3.82. The number of nitrogens with zero attached hydrogens (tertiary/aromatic N) is 2. The fraction of sp³-hybridized carbons (Fsp3) is 0.308. The number of amides is 1. The molecule has 0 saturated heterocycles. The van der Waals surface area contributed by atoms with Gasteiger partial charge in [-0.25, -0.2) is 4.98 Å². The van der Waals surface area contributed by atoms with E-state index in [1.807, 2.05) is 6.26 Å². The van der Waals surface area contributed by atoms with Gasteiger partial charge in [-0.3, -0.25) is 4.79 Å². The van der Waals surface area contributed by atoms with Crippen LogP contribution in [-0.4, -0.2) is 28.8 Å². The molecule has 0 fully saturated rings. The molecule has 2 rings (SSSR count). The quantitative estimate of drug-likeness (QED) is 0.647. The normalized spacial score (nSPS) is 10.4. The molecule has 0 bridgehead atoms. The molecular weight excluding hydrogens is 262 g/mol. The molecule has 0 aliphatic carbocycles. The van der Waals surface area contributed by atoms with Gasteiger partial charge in [-0.2, -0.15) is 0 Å². The maximum absolute atomic E-state index is 12.0. The highest BCUT2D eigenvalue weighted by molar-refractivity contribution is 7.98. The van der Waals surface area contributed by atoms with E-state index >= 15 is 0 Å². The fourth-order valence-corrected chi connectivity index (χ4v) is 2.21. The van der Waals surface area contributed by atoms with E-state index < -0.39 is 0 Å².